The number of amides is 1. The Morgan fingerprint density at radius 3 is 2.69 bits per heavy atom. The van der Waals surface area contributed by atoms with E-state index in [-0.39, 0.29) is 5.91 Å². The van der Waals surface area contributed by atoms with Gasteiger partial charge in [-0.1, -0.05) is 44.9 Å². The van der Waals surface area contributed by atoms with E-state index < -0.39 is 0 Å². The van der Waals surface area contributed by atoms with Crippen molar-refractivity contribution in [2.75, 3.05) is 19.4 Å². The molecule has 2 aromatic rings. The minimum Gasteiger partial charge on any atom is -0.497 e. The quantitative estimate of drug-likeness (QED) is 0.473. The molecule has 0 aliphatic heterocycles. The van der Waals surface area contributed by atoms with Gasteiger partial charge in [0.05, 0.1) is 12.9 Å². The number of rotatable bonds is 9. The summed E-state index contributed by atoms with van der Waals surface area (Å²) in [5.41, 5.74) is 1.02. The van der Waals surface area contributed by atoms with Crippen molar-refractivity contribution in [3.63, 3.8) is 0 Å². The van der Waals surface area contributed by atoms with Crippen molar-refractivity contribution in [1.82, 2.24) is 20.1 Å². The number of thioether (sulfide) groups is 1. The first-order chi connectivity index (χ1) is 14.1. The van der Waals surface area contributed by atoms with Crippen LogP contribution in [0.4, 0.5) is 0 Å². The Morgan fingerprint density at radius 1 is 1.24 bits per heavy atom. The summed E-state index contributed by atoms with van der Waals surface area (Å²) in [6, 6.07) is 8.32. The maximum Gasteiger partial charge on any atom is 0.230 e. The van der Waals surface area contributed by atoms with Crippen LogP contribution in [0.25, 0.3) is 11.4 Å². The molecule has 0 saturated heterocycles. The van der Waals surface area contributed by atoms with Crippen LogP contribution in [0.15, 0.2) is 29.4 Å². The van der Waals surface area contributed by atoms with E-state index in [1.54, 1.807) is 7.11 Å². The van der Waals surface area contributed by atoms with Crippen LogP contribution in [0.1, 0.15) is 58.4 Å². The SMILES string of the molecule is CCCCNC(=O)CSc1nnc(-c2ccc(OC)cc2)n1[C@H]1CCCC[C@H]1C. The van der Waals surface area contributed by atoms with E-state index in [1.165, 1.54) is 31.0 Å². The third-order valence-corrected chi connectivity index (χ3v) is 6.54. The molecule has 6 nitrogen and oxygen atoms in total. The number of carbonyl (C=O) groups excluding carboxylic acids is 1. The van der Waals surface area contributed by atoms with Gasteiger partial charge in [-0.25, -0.2) is 0 Å². The predicted octanol–water partition coefficient (Wildman–Crippen LogP) is 4.71. The van der Waals surface area contributed by atoms with Crippen molar-refractivity contribution in [3.8, 4) is 17.1 Å². The molecule has 1 N–H and O–H groups in total. The number of carbonyl (C=O) groups is 1. The van der Waals surface area contributed by atoms with Crippen molar-refractivity contribution < 1.29 is 9.53 Å². The predicted molar refractivity (Wildman–Crippen MR) is 117 cm³/mol. The highest BCUT2D eigenvalue weighted by Crippen LogP contribution is 2.39. The number of methoxy groups -OCH3 is 1. The lowest BCUT2D eigenvalue weighted by molar-refractivity contribution is -0.118. The molecular formula is C22H32N4O2S. The van der Waals surface area contributed by atoms with Crippen LogP contribution >= 0.6 is 11.8 Å². The average molecular weight is 417 g/mol. The highest BCUT2D eigenvalue weighted by atomic mass is 32.2. The molecule has 1 saturated carbocycles. The summed E-state index contributed by atoms with van der Waals surface area (Å²) in [6.07, 6.45) is 6.92. The minimum absolute atomic E-state index is 0.0562. The van der Waals surface area contributed by atoms with Gasteiger partial charge in [0.15, 0.2) is 11.0 Å². The first-order valence-corrected chi connectivity index (χ1v) is 11.6. The van der Waals surface area contributed by atoms with Crippen LogP contribution in [0.2, 0.25) is 0 Å². The number of benzene rings is 1. The summed E-state index contributed by atoms with van der Waals surface area (Å²) in [4.78, 5) is 12.2. The van der Waals surface area contributed by atoms with Gasteiger partial charge in [-0.3, -0.25) is 9.36 Å². The van der Waals surface area contributed by atoms with Crippen molar-refractivity contribution >= 4 is 17.7 Å². The zero-order valence-electron chi connectivity index (χ0n) is 17.7. The molecule has 1 amide bonds. The number of hydrogen-bond acceptors (Lipinski definition) is 5. The molecule has 0 spiro atoms. The minimum atomic E-state index is 0.0562. The Labute approximate surface area is 177 Å². The summed E-state index contributed by atoms with van der Waals surface area (Å²) in [5, 5.41) is 12.8. The second kappa shape index (κ2) is 10.7. The van der Waals surface area contributed by atoms with E-state index in [2.05, 4.69) is 33.9 Å². The summed E-state index contributed by atoms with van der Waals surface area (Å²) in [6.45, 7) is 5.17. The monoisotopic (exact) mass is 416 g/mol. The molecule has 2 atom stereocenters. The summed E-state index contributed by atoms with van der Waals surface area (Å²) < 4.78 is 7.56. The van der Waals surface area contributed by atoms with Gasteiger partial charge in [-0.2, -0.15) is 0 Å². The van der Waals surface area contributed by atoms with Gasteiger partial charge in [0.2, 0.25) is 5.91 Å². The van der Waals surface area contributed by atoms with Gasteiger partial charge in [-0.05, 0) is 49.4 Å². The maximum atomic E-state index is 12.2. The third kappa shape index (κ3) is 5.53. The highest BCUT2D eigenvalue weighted by Gasteiger charge is 2.28. The Morgan fingerprint density at radius 2 is 2.00 bits per heavy atom. The fraction of sp³-hybridized carbons (Fsp3) is 0.591. The largest absolute Gasteiger partial charge is 0.497 e. The van der Waals surface area contributed by atoms with Gasteiger partial charge in [0.25, 0.3) is 0 Å². The molecule has 7 heteroatoms. The maximum absolute atomic E-state index is 12.2. The van der Waals surface area contributed by atoms with Gasteiger partial charge < -0.3 is 10.1 Å². The summed E-state index contributed by atoms with van der Waals surface area (Å²) in [5.74, 6) is 2.69. The lowest BCUT2D eigenvalue weighted by Gasteiger charge is -2.31. The molecular weight excluding hydrogens is 384 g/mol. The first kappa shape index (κ1) is 21.7. The number of aromatic nitrogens is 3. The second-order valence-corrected chi connectivity index (χ2v) is 8.67. The van der Waals surface area contributed by atoms with E-state index in [4.69, 9.17) is 4.74 Å². The lowest BCUT2D eigenvalue weighted by Crippen LogP contribution is -2.26. The van der Waals surface area contributed by atoms with Crippen LogP contribution < -0.4 is 10.1 Å². The molecule has 0 radical (unpaired) electrons. The van der Waals surface area contributed by atoms with Crippen molar-refractivity contribution in [1.29, 1.82) is 0 Å². The van der Waals surface area contributed by atoms with Crippen LogP contribution in [0.3, 0.4) is 0 Å². The zero-order valence-corrected chi connectivity index (χ0v) is 18.5. The van der Waals surface area contributed by atoms with Crippen LogP contribution in [-0.4, -0.2) is 40.1 Å². The van der Waals surface area contributed by atoms with E-state index in [1.807, 2.05) is 24.3 Å². The van der Waals surface area contributed by atoms with Gasteiger partial charge in [-0.15, -0.1) is 10.2 Å². The standard InChI is InChI=1S/C22H32N4O2S/c1-4-5-14-23-20(27)15-29-22-25-24-21(17-10-12-18(28-3)13-11-17)26(22)19-9-7-6-8-16(19)2/h10-13,16,19H,4-9,14-15H2,1-3H3,(H,23,27)/t16-,19+/m1/s1. The molecule has 1 aromatic carbocycles. The van der Waals surface area contributed by atoms with Crippen LogP contribution in [0, 0.1) is 5.92 Å². The summed E-state index contributed by atoms with van der Waals surface area (Å²) in [7, 11) is 1.67. The molecule has 1 heterocycles. The molecule has 1 fully saturated rings. The topological polar surface area (TPSA) is 69.0 Å². The van der Waals surface area contributed by atoms with E-state index in [9.17, 15) is 4.79 Å². The smallest absolute Gasteiger partial charge is 0.230 e. The molecule has 29 heavy (non-hydrogen) atoms. The number of hydrogen-bond donors (Lipinski definition) is 1. The highest BCUT2D eigenvalue weighted by molar-refractivity contribution is 7.99. The van der Waals surface area contributed by atoms with Gasteiger partial charge >= 0.3 is 0 Å². The van der Waals surface area contributed by atoms with Crippen molar-refractivity contribution in [2.24, 2.45) is 5.92 Å². The molecule has 3 rings (SSSR count). The number of nitrogens with zero attached hydrogens (tertiary/aromatic N) is 3. The molecule has 0 unspecified atom stereocenters. The molecule has 0 bridgehead atoms. The third-order valence-electron chi connectivity index (χ3n) is 5.60. The fourth-order valence-corrected chi connectivity index (χ4v) is 4.70. The number of nitrogens with one attached hydrogen (secondary N) is 1. The van der Waals surface area contributed by atoms with Crippen molar-refractivity contribution in [3.05, 3.63) is 24.3 Å². The summed E-state index contributed by atoms with van der Waals surface area (Å²) >= 11 is 1.48. The first-order valence-electron chi connectivity index (χ1n) is 10.6. The Balaban J connectivity index is 1.83. The van der Waals surface area contributed by atoms with E-state index in [0.29, 0.717) is 17.7 Å². The number of ether oxygens (including phenoxy) is 1. The Kier molecular flexibility index (Phi) is 7.98. The fourth-order valence-electron chi connectivity index (χ4n) is 3.88. The molecule has 1 aliphatic rings. The molecule has 1 aliphatic carbocycles. The Hall–Kier alpha value is -2.02. The van der Waals surface area contributed by atoms with E-state index >= 15 is 0 Å². The zero-order chi connectivity index (χ0) is 20.6. The molecule has 1 aromatic heterocycles. The number of unbranched alkanes of at least 4 members (excludes halogenated alkanes) is 1. The average Bonchev–Trinajstić information content (AvgIpc) is 3.16. The van der Waals surface area contributed by atoms with E-state index in [0.717, 1.165) is 48.1 Å². The Bertz CT molecular complexity index is 791. The lowest BCUT2D eigenvalue weighted by atomic mass is 9.85. The normalized spacial score (nSPS) is 19.1. The van der Waals surface area contributed by atoms with Gasteiger partial charge in [0, 0.05) is 18.2 Å². The van der Waals surface area contributed by atoms with Crippen LogP contribution in [-0.2, 0) is 4.79 Å². The van der Waals surface area contributed by atoms with Crippen molar-refractivity contribution in [2.45, 2.75) is 63.6 Å². The van der Waals surface area contributed by atoms with Crippen LogP contribution in [0.5, 0.6) is 5.75 Å². The molecule has 158 valence electrons. The second-order valence-electron chi connectivity index (χ2n) is 7.73. The van der Waals surface area contributed by atoms with Gasteiger partial charge in [0.1, 0.15) is 5.75 Å².